The lowest BCUT2D eigenvalue weighted by molar-refractivity contribution is 0.0633. The number of halogens is 2. The Morgan fingerprint density at radius 1 is 1.28 bits per heavy atom. The van der Waals surface area contributed by atoms with E-state index in [1.165, 1.54) is 0 Å². The third-order valence-electron chi connectivity index (χ3n) is 4.83. The summed E-state index contributed by atoms with van der Waals surface area (Å²) < 4.78 is 1.90. The van der Waals surface area contributed by atoms with Gasteiger partial charge in [-0.15, -0.1) is 24.8 Å². The molecule has 1 fully saturated rings. The highest BCUT2D eigenvalue weighted by molar-refractivity contribution is 5.97. The smallest absolute Gasteiger partial charge is 0.256 e. The zero-order valence-electron chi connectivity index (χ0n) is 16.5. The van der Waals surface area contributed by atoms with E-state index in [1.54, 1.807) is 18.6 Å². The number of piperazine rings is 1. The minimum atomic E-state index is -0.0284. The Balaban J connectivity index is 0.00000150. The molecule has 29 heavy (non-hydrogen) atoms. The van der Waals surface area contributed by atoms with E-state index in [-0.39, 0.29) is 36.8 Å². The molecule has 0 spiro atoms. The maximum Gasteiger partial charge on any atom is 0.256 e. The summed E-state index contributed by atoms with van der Waals surface area (Å²) in [5, 5.41) is 8.69. The highest BCUT2D eigenvalue weighted by atomic mass is 35.5. The van der Waals surface area contributed by atoms with Crippen molar-refractivity contribution in [2.24, 2.45) is 5.92 Å². The van der Waals surface area contributed by atoms with Crippen molar-refractivity contribution in [2.75, 3.05) is 19.6 Å². The normalized spacial score (nSPS) is 16.4. The van der Waals surface area contributed by atoms with Gasteiger partial charge < -0.3 is 10.2 Å². The van der Waals surface area contributed by atoms with E-state index in [9.17, 15) is 4.79 Å². The summed E-state index contributed by atoms with van der Waals surface area (Å²) in [7, 11) is 0. The van der Waals surface area contributed by atoms with Crippen LogP contribution in [0.5, 0.6) is 0 Å². The topological polar surface area (TPSA) is 75.9 Å². The molecule has 1 aliphatic rings. The lowest BCUT2D eigenvalue weighted by atomic mass is 10.0. The lowest BCUT2D eigenvalue weighted by Gasteiger charge is -2.36. The molecule has 0 bridgehead atoms. The van der Waals surface area contributed by atoms with Crippen LogP contribution in [0.4, 0.5) is 0 Å². The van der Waals surface area contributed by atoms with Crippen LogP contribution in [0.15, 0.2) is 43.0 Å². The molecule has 0 radical (unpaired) electrons. The molecule has 3 aromatic heterocycles. The first-order valence-corrected chi connectivity index (χ1v) is 9.36. The van der Waals surface area contributed by atoms with E-state index in [1.807, 2.05) is 34.0 Å². The summed E-state index contributed by atoms with van der Waals surface area (Å²) >= 11 is 0. The van der Waals surface area contributed by atoms with Gasteiger partial charge in [0.05, 0.1) is 17.8 Å². The second kappa shape index (κ2) is 10.0. The van der Waals surface area contributed by atoms with Gasteiger partial charge in [0.1, 0.15) is 0 Å². The number of hydrogen-bond acceptors (Lipinski definition) is 5. The van der Waals surface area contributed by atoms with Gasteiger partial charge in [0.15, 0.2) is 5.65 Å². The standard InChI is InChI=1S/C20H24N6O.2ClH/c1-14(2)13-26-19-16(11-24-26)8-17(10-23-19)20(27)25-7-6-22-12-18(25)15-4-3-5-21-9-15;;/h3-5,8-11,14,18,22H,6-7,12-13H2,1-2H3;2*1H. The molecule has 156 valence electrons. The first kappa shape index (κ1) is 23.1. The summed E-state index contributed by atoms with van der Waals surface area (Å²) in [6, 6.07) is 5.79. The summed E-state index contributed by atoms with van der Waals surface area (Å²) in [6.45, 7) is 7.26. The molecule has 3 aromatic rings. The van der Waals surface area contributed by atoms with Crippen molar-refractivity contribution >= 4 is 41.8 Å². The number of hydrogen-bond donors (Lipinski definition) is 1. The molecule has 0 aromatic carbocycles. The van der Waals surface area contributed by atoms with Crippen LogP contribution >= 0.6 is 24.8 Å². The first-order valence-electron chi connectivity index (χ1n) is 9.36. The molecule has 4 heterocycles. The van der Waals surface area contributed by atoms with Crippen LogP contribution in [0, 0.1) is 5.92 Å². The molecule has 4 rings (SSSR count). The van der Waals surface area contributed by atoms with Crippen molar-refractivity contribution in [3.8, 4) is 0 Å². The Morgan fingerprint density at radius 2 is 2.10 bits per heavy atom. The van der Waals surface area contributed by atoms with Crippen LogP contribution in [-0.2, 0) is 6.54 Å². The SMILES string of the molecule is CC(C)Cn1ncc2cc(C(=O)N3CCNCC3c3cccnc3)cnc21.Cl.Cl. The fourth-order valence-electron chi connectivity index (χ4n) is 3.55. The predicted molar refractivity (Wildman–Crippen MR) is 118 cm³/mol. The van der Waals surface area contributed by atoms with Gasteiger partial charge in [-0.25, -0.2) is 9.67 Å². The van der Waals surface area contributed by atoms with Crippen molar-refractivity contribution in [1.29, 1.82) is 0 Å². The summed E-state index contributed by atoms with van der Waals surface area (Å²) in [4.78, 5) is 23.9. The van der Waals surface area contributed by atoms with Crippen LogP contribution in [0.3, 0.4) is 0 Å². The van der Waals surface area contributed by atoms with Crippen LogP contribution < -0.4 is 5.32 Å². The van der Waals surface area contributed by atoms with Gasteiger partial charge in [-0.1, -0.05) is 19.9 Å². The lowest BCUT2D eigenvalue weighted by Crippen LogP contribution is -2.48. The molecule has 1 saturated heterocycles. The number of amides is 1. The van der Waals surface area contributed by atoms with Crippen LogP contribution in [0.1, 0.15) is 35.8 Å². The fourth-order valence-corrected chi connectivity index (χ4v) is 3.55. The van der Waals surface area contributed by atoms with Gasteiger partial charge in [0.2, 0.25) is 0 Å². The van der Waals surface area contributed by atoms with Gasteiger partial charge >= 0.3 is 0 Å². The third-order valence-corrected chi connectivity index (χ3v) is 4.83. The molecule has 0 aliphatic carbocycles. The molecule has 1 aliphatic heterocycles. The van der Waals surface area contributed by atoms with Crippen molar-refractivity contribution < 1.29 is 4.79 Å². The summed E-state index contributed by atoms with van der Waals surface area (Å²) in [6.07, 6.45) is 7.04. The number of aromatic nitrogens is 4. The number of nitrogens with one attached hydrogen (secondary N) is 1. The maximum atomic E-state index is 13.2. The van der Waals surface area contributed by atoms with E-state index in [0.29, 0.717) is 18.0 Å². The van der Waals surface area contributed by atoms with Crippen molar-refractivity contribution in [3.63, 3.8) is 0 Å². The van der Waals surface area contributed by atoms with Crippen LogP contribution in [0.2, 0.25) is 0 Å². The number of pyridine rings is 2. The average Bonchev–Trinajstić information content (AvgIpc) is 3.09. The quantitative estimate of drug-likeness (QED) is 0.679. The van der Waals surface area contributed by atoms with E-state index in [0.717, 1.165) is 36.2 Å². The molecule has 1 N–H and O–H groups in total. The van der Waals surface area contributed by atoms with E-state index in [2.05, 4.69) is 34.2 Å². The van der Waals surface area contributed by atoms with E-state index >= 15 is 0 Å². The highest BCUT2D eigenvalue weighted by Crippen LogP contribution is 2.24. The number of nitrogens with zero attached hydrogens (tertiary/aromatic N) is 5. The number of carbonyl (C=O) groups is 1. The molecule has 9 heteroatoms. The molecule has 1 atom stereocenters. The average molecular weight is 437 g/mol. The van der Waals surface area contributed by atoms with Gasteiger partial charge in [-0.05, 0) is 23.6 Å². The highest BCUT2D eigenvalue weighted by Gasteiger charge is 2.29. The van der Waals surface area contributed by atoms with Crippen molar-refractivity contribution in [2.45, 2.75) is 26.4 Å². The van der Waals surface area contributed by atoms with Crippen LogP contribution in [0.25, 0.3) is 11.0 Å². The predicted octanol–water partition coefficient (Wildman–Crippen LogP) is 3.11. The van der Waals surface area contributed by atoms with Gasteiger partial charge in [-0.2, -0.15) is 5.10 Å². The van der Waals surface area contributed by atoms with E-state index in [4.69, 9.17) is 0 Å². The Hall–Kier alpha value is -2.22. The molecule has 1 amide bonds. The molecule has 1 unspecified atom stereocenters. The number of rotatable bonds is 4. The van der Waals surface area contributed by atoms with Gasteiger partial charge in [-0.3, -0.25) is 9.78 Å². The third kappa shape index (κ3) is 4.86. The first-order chi connectivity index (χ1) is 13.1. The minimum absolute atomic E-state index is 0. The molecular weight excluding hydrogens is 411 g/mol. The number of fused-ring (bicyclic) bond motifs is 1. The Kier molecular flexibility index (Phi) is 7.96. The monoisotopic (exact) mass is 436 g/mol. The Bertz CT molecular complexity index is 947. The second-order valence-corrected chi connectivity index (χ2v) is 7.36. The molecule has 0 saturated carbocycles. The van der Waals surface area contributed by atoms with Gasteiger partial charge in [0.25, 0.3) is 5.91 Å². The zero-order chi connectivity index (χ0) is 18.8. The Labute approximate surface area is 182 Å². The number of carbonyl (C=O) groups excluding carboxylic acids is 1. The Morgan fingerprint density at radius 3 is 2.83 bits per heavy atom. The van der Waals surface area contributed by atoms with E-state index < -0.39 is 0 Å². The summed E-state index contributed by atoms with van der Waals surface area (Å²) in [5.74, 6) is 0.480. The van der Waals surface area contributed by atoms with Crippen molar-refractivity contribution in [1.82, 2.24) is 30.0 Å². The summed E-state index contributed by atoms with van der Waals surface area (Å²) in [5.41, 5.74) is 2.46. The minimum Gasteiger partial charge on any atom is -0.329 e. The van der Waals surface area contributed by atoms with Crippen LogP contribution in [-0.4, -0.2) is 50.2 Å². The fraction of sp³-hybridized carbons (Fsp3) is 0.400. The largest absolute Gasteiger partial charge is 0.329 e. The maximum absolute atomic E-state index is 13.2. The zero-order valence-corrected chi connectivity index (χ0v) is 18.1. The molecular formula is C20H26Cl2N6O. The molecule has 7 nitrogen and oxygen atoms in total. The second-order valence-electron chi connectivity index (χ2n) is 7.36. The van der Waals surface area contributed by atoms with Crippen molar-refractivity contribution in [3.05, 3.63) is 54.1 Å². The van der Waals surface area contributed by atoms with Gasteiger partial charge in [0, 0.05) is 50.2 Å².